The second-order valence-corrected chi connectivity index (χ2v) is 5.71. The molecule has 20 heavy (non-hydrogen) atoms. The molecule has 0 saturated heterocycles. The van der Waals surface area contributed by atoms with Crippen molar-refractivity contribution in [1.82, 2.24) is 19.3 Å². The Kier molecular flexibility index (Phi) is 4.99. The summed E-state index contributed by atoms with van der Waals surface area (Å²) < 4.78 is 4.85. The molecule has 0 aliphatic carbocycles. The minimum absolute atomic E-state index is 0.527. The van der Waals surface area contributed by atoms with Gasteiger partial charge in [-0.3, -0.25) is 4.68 Å². The zero-order valence-corrected chi connectivity index (χ0v) is 13.8. The van der Waals surface area contributed by atoms with Gasteiger partial charge in [0.2, 0.25) is 0 Å². The monoisotopic (exact) mass is 340 g/mol. The Hall–Kier alpha value is -1.14. The van der Waals surface area contributed by atoms with E-state index in [4.69, 9.17) is 0 Å². The molecule has 0 saturated carbocycles. The number of rotatable bonds is 6. The topological polar surface area (TPSA) is 55.9 Å². The summed E-state index contributed by atoms with van der Waals surface area (Å²) in [4.78, 5) is 4.14. The molecule has 2 heterocycles. The van der Waals surface area contributed by atoms with Gasteiger partial charge in [-0.25, -0.2) is 4.98 Å². The molecule has 5 nitrogen and oxygen atoms in total. The third-order valence-corrected chi connectivity index (χ3v) is 4.36. The van der Waals surface area contributed by atoms with E-state index in [1.54, 1.807) is 12.5 Å². The number of aryl methyl sites for hydroxylation is 3. The van der Waals surface area contributed by atoms with Crippen molar-refractivity contribution < 1.29 is 5.11 Å². The quantitative estimate of drug-likeness (QED) is 0.879. The lowest BCUT2D eigenvalue weighted by Gasteiger charge is -2.14. The fraction of sp³-hybridized carbons (Fsp3) is 0.571. The lowest BCUT2D eigenvalue weighted by Crippen LogP contribution is -2.11. The second kappa shape index (κ2) is 6.54. The molecule has 6 heteroatoms. The van der Waals surface area contributed by atoms with Crippen molar-refractivity contribution >= 4 is 15.9 Å². The van der Waals surface area contributed by atoms with Crippen molar-refractivity contribution in [3.8, 4) is 0 Å². The van der Waals surface area contributed by atoms with E-state index in [2.05, 4.69) is 39.9 Å². The molecular formula is C14H21BrN4O. The Morgan fingerprint density at radius 1 is 1.40 bits per heavy atom. The standard InChI is InChI=1S/C14H21BrN4O/c1-4-6-19-9-16-8-12(19)13(20)7-11-14(15)10(5-2)17-18(11)3/h8-9,13,20H,4-7H2,1-3H3. The Bertz CT molecular complexity index is 576. The molecule has 0 fully saturated rings. The van der Waals surface area contributed by atoms with E-state index >= 15 is 0 Å². The van der Waals surface area contributed by atoms with Crippen molar-refractivity contribution in [2.45, 2.75) is 45.8 Å². The van der Waals surface area contributed by atoms with Crippen LogP contribution in [0.25, 0.3) is 0 Å². The minimum atomic E-state index is -0.569. The summed E-state index contributed by atoms with van der Waals surface area (Å²) >= 11 is 3.59. The first-order valence-electron chi connectivity index (χ1n) is 6.96. The molecule has 0 radical (unpaired) electrons. The van der Waals surface area contributed by atoms with Crippen LogP contribution in [-0.2, 0) is 26.4 Å². The van der Waals surface area contributed by atoms with E-state index in [1.165, 1.54) is 0 Å². The summed E-state index contributed by atoms with van der Waals surface area (Å²) in [5.74, 6) is 0. The van der Waals surface area contributed by atoms with Crippen LogP contribution in [0.2, 0.25) is 0 Å². The summed E-state index contributed by atoms with van der Waals surface area (Å²) in [7, 11) is 1.91. The van der Waals surface area contributed by atoms with Gasteiger partial charge in [0.1, 0.15) is 6.10 Å². The first-order chi connectivity index (χ1) is 9.58. The normalized spacial score (nSPS) is 12.8. The third-order valence-electron chi connectivity index (χ3n) is 3.44. The molecule has 0 bridgehead atoms. The summed E-state index contributed by atoms with van der Waals surface area (Å²) in [6.07, 6.45) is 5.37. The number of aliphatic hydroxyl groups excluding tert-OH is 1. The predicted octanol–water partition coefficient (Wildman–Crippen LogP) is 2.63. The Morgan fingerprint density at radius 2 is 2.15 bits per heavy atom. The number of nitrogens with zero attached hydrogens (tertiary/aromatic N) is 4. The Labute approximate surface area is 127 Å². The van der Waals surface area contributed by atoms with Crippen molar-refractivity contribution in [2.75, 3.05) is 0 Å². The highest BCUT2D eigenvalue weighted by atomic mass is 79.9. The molecule has 2 aromatic heterocycles. The van der Waals surface area contributed by atoms with Crippen LogP contribution >= 0.6 is 15.9 Å². The maximum Gasteiger partial charge on any atom is 0.101 e. The molecular weight excluding hydrogens is 320 g/mol. The lowest BCUT2D eigenvalue weighted by atomic mass is 10.1. The number of imidazole rings is 1. The van der Waals surface area contributed by atoms with Gasteiger partial charge >= 0.3 is 0 Å². The zero-order valence-electron chi connectivity index (χ0n) is 12.2. The lowest BCUT2D eigenvalue weighted by molar-refractivity contribution is 0.166. The largest absolute Gasteiger partial charge is 0.386 e. The van der Waals surface area contributed by atoms with Gasteiger partial charge in [0.05, 0.1) is 34.1 Å². The van der Waals surface area contributed by atoms with Gasteiger partial charge in [-0.1, -0.05) is 13.8 Å². The molecule has 0 spiro atoms. The van der Waals surface area contributed by atoms with E-state index < -0.39 is 6.10 Å². The van der Waals surface area contributed by atoms with E-state index in [0.717, 1.165) is 40.9 Å². The van der Waals surface area contributed by atoms with Crippen molar-refractivity contribution in [3.05, 3.63) is 34.1 Å². The summed E-state index contributed by atoms with van der Waals surface area (Å²) in [5.41, 5.74) is 2.90. The smallest absolute Gasteiger partial charge is 0.101 e. The van der Waals surface area contributed by atoms with Crippen molar-refractivity contribution in [1.29, 1.82) is 0 Å². The Balaban J connectivity index is 2.21. The highest BCUT2D eigenvalue weighted by Gasteiger charge is 2.19. The van der Waals surface area contributed by atoms with Gasteiger partial charge in [-0.15, -0.1) is 0 Å². The molecule has 0 aliphatic rings. The van der Waals surface area contributed by atoms with Crippen LogP contribution in [0.3, 0.4) is 0 Å². The number of halogens is 1. The van der Waals surface area contributed by atoms with Crippen LogP contribution in [0, 0.1) is 0 Å². The molecule has 1 N–H and O–H groups in total. The van der Waals surface area contributed by atoms with E-state index in [9.17, 15) is 5.11 Å². The van der Waals surface area contributed by atoms with Gasteiger partial charge in [0.25, 0.3) is 0 Å². The molecule has 2 rings (SSSR count). The Morgan fingerprint density at radius 3 is 2.75 bits per heavy atom. The number of aliphatic hydroxyl groups is 1. The fourth-order valence-corrected chi connectivity index (χ4v) is 3.14. The van der Waals surface area contributed by atoms with Crippen LogP contribution in [-0.4, -0.2) is 24.4 Å². The van der Waals surface area contributed by atoms with Crippen LogP contribution < -0.4 is 0 Å². The van der Waals surface area contributed by atoms with Crippen molar-refractivity contribution in [3.63, 3.8) is 0 Å². The average Bonchev–Trinajstić information content (AvgIpc) is 2.98. The molecule has 1 unspecified atom stereocenters. The van der Waals surface area contributed by atoms with Crippen LogP contribution in [0.5, 0.6) is 0 Å². The highest BCUT2D eigenvalue weighted by molar-refractivity contribution is 9.10. The minimum Gasteiger partial charge on any atom is -0.386 e. The predicted molar refractivity (Wildman–Crippen MR) is 81.5 cm³/mol. The van der Waals surface area contributed by atoms with Gasteiger partial charge in [0.15, 0.2) is 0 Å². The third kappa shape index (κ3) is 2.96. The SMILES string of the molecule is CCCn1cncc1C(O)Cc1c(Br)c(CC)nn1C. The van der Waals surface area contributed by atoms with E-state index in [-0.39, 0.29) is 0 Å². The average molecular weight is 341 g/mol. The molecule has 0 amide bonds. The number of hydrogen-bond acceptors (Lipinski definition) is 3. The molecule has 110 valence electrons. The summed E-state index contributed by atoms with van der Waals surface area (Å²) in [5, 5.41) is 14.9. The molecule has 2 aromatic rings. The first-order valence-corrected chi connectivity index (χ1v) is 7.76. The van der Waals surface area contributed by atoms with E-state index in [1.807, 2.05) is 16.3 Å². The van der Waals surface area contributed by atoms with Gasteiger partial charge in [0, 0.05) is 20.0 Å². The molecule has 0 aromatic carbocycles. The molecule has 0 aliphatic heterocycles. The first kappa shape index (κ1) is 15.3. The van der Waals surface area contributed by atoms with Crippen LogP contribution in [0.15, 0.2) is 17.0 Å². The summed E-state index contributed by atoms with van der Waals surface area (Å²) in [6, 6.07) is 0. The number of aromatic nitrogens is 4. The maximum absolute atomic E-state index is 10.5. The van der Waals surface area contributed by atoms with Crippen LogP contribution in [0.1, 0.15) is 43.5 Å². The fourth-order valence-electron chi connectivity index (χ4n) is 2.37. The number of hydrogen-bond donors (Lipinski definition) is 1. The van der Waals surface area contributed by atoms with E-state index in [0.29, 0.717) is 6.42 Å². The maximum atomic E-state index is 10.5. The van der Waals surface area contributed by atoms with Gasteiger partial charge in [-0.2, -0.15) is 5.10 Å². The summed E-state index contributed by atoms with van der Waals surface area (Å²) in [6.45, 7) is 5.06. The van der Waals surface area contributed by atoms with Gasteiger partial charge < -0.3 is 9.67 Å². The van der Waals surface area contributed by atoms with Crippen molar-refractivity contribution in [2.24, 2.45) is 7.05 Å². The molecule has 1 atom stereocenters. The van der Waals surface area contributed by atoms with Gasteiger partial charge in [-0.05, 0) is 28.8 Å². The van der Waals surface area contributed by atoms with Crippen LogP contribution in [0.4, 0.5) is 0 Å². The highest BCUT2D eigenvalue weighted by Crippen LogP contribution is 2.26. The second-order valence-electron chi connectivity index (χ2n) is 4.92. The zero-order chi connectivity index (χ0) is 14.7.